The van der Waals surface area contributed by atoms with E-state index in [1.54, 1.807) is 7.05 Å². The van der Waals surface area contributed by atoms with Crippen LogP contribution in [0.3, 0.4) is 0 Å². The molecule has 0 unspecified atom stereocenters. The predicted octanol–water partition coefficient (Wildman–Crippen LogP) is 4.51. The van der Waals surface area contributed by atoms with Crippen LogP contribution in [0.5, 0.6) is 0 Å². The van der Waals surface area contributed by atoms with Crippen molar-refractivity contribution in [2.24, 2.45) is 10.7 Å². The quantitative estimate of drug-likeness (QED) is 0.146. The van der Waals surface area contributed by atoms with Gasteiger partial charge in [0.15, 0.2) is 5.58 Å². The van der Waals surface area contributed by atoms with Crippen LogP contribution in [0.4, 0.5) is 11.8 Å². The van der Waals surface area contributed by atoms with E-state index in [0.717, 1.165) is 46.9 Å². The molecular formula is C29H34N8O2. The van der Waals surface area contributed by atoms with E-state index in [1.165, 1.54) is 0 Å². The maximum atomic E-state index is 13.7. The molecule has 39 heavy (non-hydrogen) atoms. The van der Waals surface area contributed by atoms with Crippen molar-refractivity contribution in [3.05, 3.63) is 69.6 Å². The Kier molecular flexibility index (Phi) is 7.10. The zero-order valence-electron chi connectivity index (χ0n) is 22.8. The maximum absolute atomic E-state index is 13.7. The second-order valence-corrected chi connectivity index (χ2v) is 9.66. The lowest BCUT2D eigenvalue weighted by molar-refractivity contribution is 0.549. The molecule has 0 bridgehead atoms. The Morgan fingerprint density at radius 1 is 1.18 bits per heavy atom. The molecule has 0 aliphatic carbocycles. The number of nitrogens with one attached hydrogen (secondary N) is 1. The summed E-state index contributed by atoms with van der Waals surface area (Å²) in [5.41, 5.74) is 17.4. The first-order valence-corrected chi connectivity index (χ1v) is 13.2. The number of aryl methyl sites for hydroxylation is 1. The highest BCUT2D eigenvalue weighted by molar-refractivity contribution is 6.07. The van der Waals surface area contributed by atoms with Crippen molar-refractivity contribution in [1.29, 1.82) is 0 Å². The smallest absolute Gasteiger partial charge is 0.292 e. The Balaban J connectivity index is 1.69. The van der Waals surface area contributed by atoms with Gasteiger partial charge in [-0.25, -0.2) is 4.68 Å². The van der Waals surface area contributed by atoms with Crippen LogP contribution in [0.2, 0.25) is 0 Å². The standard InChI is InChI=1S/C29H34N8O2/c1-5-6-7-13-36-20(14-18-10-8-9-17(2)23(18)28(36)38)16-37-27(33-4)24(26(30)32-3)25(35-37)19-11-12-22-21(15-19)34-29(31)39-22/h8-12,14-15,33H,5-7,13,16H2,1-4H3,(H2,30,32)(H2,31,34). The molecule has 0 atom stereocenters. The van der Waals surface area contributed by atoms with Crippen molar-refractivity contribution in [1.82, 2.24) is 19.3 Å². The maximum Gasteiger partial charge on any atom is 0.292 e. The van der Waals surface area contributed by atoms with Crippen molar-refractivity contribution in [3.8, 4) is 11.3 Å². The minimum atomic E-state index is 0.0269. The summed E-state index contributed by atoms with van der Waals surface area (Å²) in [5.74, 6) is 1.04. The predicted molar refractivity (Wildman–Crippen MR) is 157 cm³/mol. The number of pyridine rings is 1. The molecule has 0 radical (unpaired) electrons. The van der Waals surface area contributed by atoms with Crippen LogP contribution in [0.1, 0.15) is 43.0 Å². The summed E-state index contributed by atoms with van der Waals surface area (Å²) in [7, 11) is 3.47. The third kappa shape index (κ3) is 4.73. The van der Waals surface area contributed by atoms with Gasteiger partial charge < -0.3 is 25.8 Å². The number of rotatable bonds is 9. The molecule has 0 spiro atoms. The molecule has 0 saturated carbocycles. The van der Waals surface area contributed by atoms with Crippen molar-refractivity contribution >= 4 is 39.5 Å². The van der Waals surface area contributed by atoms with Gasteiger partial charge in [-0.15, -0.1) is 0 Å². The Morgan fingerprint density at radius 3 is 2.74 bits per heavy atom. The number of benzene rings is 2. The molecule has 3 heterocycles. The summed E-state index contributed by atoms with van der Waals surface area (Å²) >= 11 is 0. The number of nitrogens with two attached hydrogens (primary N) is 2. The van der Waals surface area contributed by atoms with Crippen LogP contribution < -0.4 is 22.3 Å². The van der Waals surface area contributed by atoms with Gasteiger partial charge in [0.05, 0.1) is 17.5 Å². The molecule has 0 amide bonds. The molecule has 0 aliphatic heterocycles. The lowest BCUT2D eigenvalue weighted by Crippen LogP contribution is -2.26. The third-order valence-corrected chi connectivity index (χ3v) is 7.09. The fourth-order valence-electron chi connectivity index (χ4n) is 5.15. The largest absolute Gasteiger partial charge is 0.424 e. The molecule has 0 fully saturated rings. The number of nitrogen functional groups attached to an aromatic ring is 1. The normalized spacial score (nSPS) is 12.1. The second kappa shape index (κ2) is 10.6. The molecule has 10 nitrogen and oxygen atoms in total. The molecular weight excluding hydrogens is 492 g/mol. The van der Waals surface area contributed by atoms with E-state index in [1.807, 2.05) is 59.6 Å². The molecule has 10 heteroatoms. The molecule has 5 aromatic rings. The van der Waals surface area contributed by atoms with Gasteiger partial charge in [-0.3, -0.25) is 9.79 Å². The monoisotopic (exact) mass is 526 g/mol. The number of amidine groups is 1. The number of oxazole rings is 1. The number of anilines is 2. The van der Waals surface area contributed by atoms with Crippen molar-refractivity contribution in [2.75, 3.05) is 25.1 Å². The van der Waals surface area contributed by atoms with Gasteiger partial charge in [-0.1, -0.05) is 38.0 Å². The van der Waals surface area contributed by atoms with E-state index < -0.39 is 0 Å². The molecule has 202 valence electrons. The number of aromatic nitrogens is 4. The Morgan fingerprint density at radius 2 is 2.00 bits per heavy atom. The van der Waals surface area contributed by atoms with Crippen molar-refractivity contribution in [3.63, 3.8) is 0 Å². The van der Waals surface area contributed by atoms with Gasteiger partial charge in [0, 0.05) is 31.9 Å². The molecule has 2 aromatic carbocycles. The zero-order chi connectivity index (χ0) is 27.7. The number of hydrogen-bond acceptors (Lipinski definition) is 7. The van der Waals surface area contributed by atoms with Crippen LogP contribution >= 0.6 is 0 Å². The fraction of sp³-hybridized carbons (Fsp3) is 0.310. The summed E-state index contributed by atoms with van der Waals surface area (Å²) in [6.45, 7) is 5.15. The molecule has 3 aromatic heterocycles. The van der Waals surface area contributed by atoms with E-state index in [2.05, 4.69) is 28.3 Å². The van der Waals surface area contributed by atoms with Gasteiger partial charge in [-0.2, -0.15) is 10.1 Å². The summed E-state index contributed by atoms with van der Waals surface area (Å²) in [4.78, 5) is 22.3. The van der Waals surface area contributed by atoms with Crippen molar-refractivity contribution < 1.29 is 4.42 Å². The highest BCUT2D eigenvalue weighted by atomic mass is 16.4. The number of unbranched alkanes of at least 4 members (excludes halogenated alkanes) is 2. The van der Waals surface area contributed by atoms with Gasteiger partial charge in [0.2, 0.25) is 0 Å². The van der Waals surface area contributed by atoms with Crippen LogP contribution in [0.25, 0.3) is 33.1 Å². The molecule has 0 aliphatic rings. The molecule has 5 N–H and O–H groups in total. The summed E-state index contributed by atoms with van der Waals surface area (Å²) in [5, 5.41) is 9.92. The van der Waals surface area contributed by atoms with Gasteiger partial charge >= 0.3 is 0 Å². The summed E-state index contributed by atoms with van der Waals surface area (Å²) in [6.07, 6.45) is 3.04. The second-order valence-electron chi connectivity index (χ2n) is 9.66. The molecule has 5 rings (SSSR count). The van der Waals surface area contributed by atoms with Crippen molar-refractivity contribution in [2.45, 2.75) is 46.2 Å². The average molecular weight is 527 g/mol. The first-order chi connectivity index (χ1) is 18.9. The topological polar surface area (TPSA) is 142 Å². The average Bonchev–Trinajstić information content (AvgIpc) is 3.48. The van der Waals surface area contributed by atoms with E-state index >= 15 is 0 Å². The van der Waals surface area contributed by atoms with E-state index in [4.69, 9.17) is 21.0 Å². The minimum absolute atomic E-state index is 0.0269. The zero-order valence-corrected chi connectivity index (χ0v) is 22.8. The van der Waals surface area contributed by atoms with E-state index in [9.17, 15) is 4.79 Å². The van der Waals surface area contributed by atoms with Crippen LogP contribution in [-0.4, -0.2) is 39.3 Å². The first kappa shape index (κ1) is 26.0. The van der Waals surface area contributed by atoms with Gasteiger partial charge in [0.1, 0.15) is 22.9 Å². The summed E-state index contributed by atoms with van der Waals surface area (Å²) < 4.78 is 9.18. The Labute approximate surface area is 226 Å². The SMILES string of the molecule is CCCCCn1c(Cn2nc(-c3ccc4oc(N)nc4c3)c(C(N)=NC)c2NC)cc2cccc(C)c2c1=O. The minimum Gasteiger partial charge on any atom is -0.424 e. The number of aliphatic imine (C=N–C) groups is 1. The van der Waals surface area contributed by atoms with Crippen LogP contribution in [-0.2, 0) is 13.1 Å². The Hall–Kier alpha value is -4.60. The third-order valence-electron chi connectivity index (χ3n) is 7.09. The summed E-state index contributed by atoms with van der Waals surface area (Å²) in [6, 6.07) is 13.7. The number of nitrogens with zero attached hydrogens (tertiary/aromatic N) is 5. The first-order valence-electron chi connectivity index (χ1n) is 13.2. The lowest BCUT2D eigenvalue weighted by atomic mass is 10.1. The highest BCUT2D eigenvalue weighted by Crippen LogP contribution is 2.32. The van der Waals surface area contributed by atoms with E-state index in [-0.39, 0.29) is 11.6 Å². The fourth-order valence-corrected chi connectivity index (χ4v) is 5.15. The van der Waals surface area contributed by atoms with E-state index in [0.29, 0.717) is 47.1 Å². The molecule has 0 saturated heterocycles. The number of hydrogen-bond donors (Lipinski definition) is 3. The van der Waals surface area contributed by atoms with Gasteiger partial charge in [-0.05, 0) is 48.6 Å². The van der Waals surface area contributed by atoms with Gasteiger partial charge in [0.25, 0.3) is 11.6 Å². The van der Waals surface area contributed by atoms with Crippen LogP contribution in [0.15, 0.2) is 56.7 Å². The Bertz CT molecular complexity index is 1760. The number of fused-ring (bicyclic) bond motifs is 2. The highest BCUT2D eigenvalue weighted by Gasteiger charge is 2.23. The van der Waals surface area contributed by atoms with Crippen LogP contribution in [0, 0.1) is 6.92 Å². The lowest BCUT2D eigenvalue weighted by Gasteiger charge is -2.17.